The number of carbonyl (C=O) groups is 1. The Bertz CT molecular complexity index is 904. The average molecular weight is 398 g/mol. The van der Waals surface area contributed by atoms with Crippen LogP contribution in [0.5, 0.6) is 23.4 Å². The van der Waals surface area contributed by atoms with E-state index >= 15 is 0 Å². The number of halogens is 2. The molecule has 0 aliphatic carbocycles. The Balaban J connectivity index is 2.26. The number of aromatic nitrogens is 2. The van der Waals surface area contributed by atoms with Gasteiger partial charge in [0.2, 0.25) is 12.0 Å². The van der Waals surface area contributed by atoms with Crippen molar-refractivity contribution in [3.8, 4) is 23.4 Å². The molecule has 11 heteroatoms. The smallest absolute Gasteiger partial charge is 0.347 e. The number of phenols is 1. The molecule has 0 fully saturated rings. The first-order chi connectivity index (χ1) is 12.9. The number of nitrogens with zero attached hydrogens (tertiary/aromatic N) is 3. The molecule has 2 rings (SSSR count). The maximum Gasteiger partial charge on any atom is 0.347 e. The predicted octanol–water partition coefficient (Wildman–Crippen LogP) is 3.06. The number of hydrogen-bond donors (Lipinski definition) is 1. The summed E-state index contributed by atoms with van der Waals surface area (Å²) in [4.78, 5) is 32.8. The molecule has 0 saturated carbocycles. The maximum atomic E-state index is 13.8. The lowest BCUT2D eigenvalue weighted by atomic mass is 10.2. The van der Waals surface area contributed by atoms with E-state index in [2.05, 4.69) is 15.0 Å². The van der Waals surface area contributed by atoms with Crippen molar-refractivity contribution in [2.45, 2.75) is 20.0 Å². The first-order valence-electron chi connectivity index (χ1n) is 7.50. The fourth-order valence-corrected chi connectivity index (χ4v) is 2.05. The van der Waals surface area contributed by atoms with Crippen molar-refractivity contribution < 1.29 is 33.3 Å². The highest BCUT2D eigenvalue weighted by atomic mass is 35.5. The first-order valence-corrected chi connectivity index (χ1v) is 7.88. The normalized spacial score (nSPS) is 11.3. The monoisotopic (exact) mass is 397 g/mol. The number of isocyanates is 1. The zero-order chi connectivity index (χ0) is 20.0. The minimum atomic E-state index is -1.21. The second-order valence-electron chi connectivity index (χ2n) is 4.87. The molecule has 0 bridgehead atoms. The molecule has 0 spiro atoms. The number of esters is 1. The van der Waals surface area contributed by atoms with E-state index in [1.807, 2.05) is 0 Å². The highest BCUT2D eigenvalue weighted by molar-refractivity contribution is 6.34. The van der Waals surface area contributed by atoms with E-state index in [1.165, 1.54) is 19.2 Å². The van der Waals surface area contributed by atoms with Crippen molar-refractivity contribution >= 4 is 29.3 Å². The molecule has 9 nitrogen and oxygen atoms in total. The molecule has 1 atom stereocenters. The van der Waals surface area contributed by atoms with Crippen molar-refractivity contribution in [3.63, 3.8) is 0 Å². The van der Waals surface area contributed by atoms with Crippen molar-refractivity contribution in [2.75, 3.05) is 6.61 Å². The molecule has 0 aliphatic heterocycles. The zero-order valence-electron chi connectivity index (χ0n) is 14.1. The van der Waals surface area contributed by atoms with Gasteiger partial charge in [0.1, 0.15) is 10.7 Å². The second-order valence-corrected chi connectivity index (χ2v) is 5.24. The molecule has 0 aliphatic rings. The molecule has 27 heavy (non-hydrogen) atoms. The number of hydrogen-bond acceptors (Lipinski definition) is 9. The summed E-state index contributed by atoms with van der Waals surface area (Å²) in [6.45, 7) is 3.33. The van der Waals surface area contributed by atoms with Crippen LogP contribution in [-0.4, -0.2) is 39.8 Å². The molecule has 0 radical (unpaired) electrons. The summed E-state index contributed by atoms with van der Waals surface area (Å²) < 4.78 is 29.2. The summed E-state index contributed by atoms with van der Waals surface area (Å²) >= 11 is 5.92. The quantitative estimate of drug-likeness (QED) is 0.430. The number of aliphatic imine (C=N–C) groups is 1. The molecule has 1 unspecified atom stereocenters. The van der Waals surface area contributed by atoms with Crippen LogP contribution in [0.4, 0.5) is 10.1 Å². The zero-order valence-corrected chi connectivity index (χ0v) is 14.9. The highest BCUT2D eigenvalue weighted by Gasteiger charge is 2.20. The summed E-state index contributed by atoms with van der Waals surface area (Å²) in [6.07, 6.45) is 1.47. The number of ether oxygens (including phenoxy) is 3. The number of phenolic OH excluding ortho intramolecular Hbond substituents is 1. The van der Waals surface area contributed by atoms with E-state index in [1.54, 1.807) is 6.92 Å². The molecule has 1 aromatic carbocycles. The van der Waals surface area contributed by atoms with Gasteiger partial charge in [-0.3, -0.25) is 0 Å². The van der Waals surface area contributed by atoms with Crippen LogP contribution in [0.25, 0.3) is 0 Å². The topological polar surface area (TPSA) is 120 Å². The van der Waals surface area contributed by atoms with Gasteiger partial charge in [0, 0.05) is 18.3 Å². The average Bonchev–Trinajstić information content (AvgIpc) is 2.63. The Labute approximate surface area is 157 Å². The molecule has 0 amide bonds. The number of rotatable bonds is 7. The third-order valence-corrected chi connectivity index (χ3v) is 3.37. The van der Waals surface area contributed by atoms with Crippen LogP contribution in [0.2, 0.25) is 5.02 Å². The number of benzene rings is 1. The van der Waals surface area contributed by atoms with E-state index in [0.717, 1.165) is 12.1 Å². The van der Waals surface area contributed by atoms with Crippen LogP contribution < -0.4 is 9.47 Å². The number of carbonyl (C=O) groups excluding carboxylic acids is 2. The van der Waals surface area contributed by atoms with Crippen LogP contribution in [0.15, 0.2) is 23.3 Å². The SMILES string of the molecule is CCOC(=O)C(C)Oc1ccnc(Oc2cc(O)c(F)c(N=C=O)c2Cl)n1. The van der Waals surface area contributed by atoms with Crippen molar-refractivity contribution in [1.29, 1.82) is 0 Å². The van der Waals surface area contributed by atoms with Crippen LogP contribution in [-0.2, 0) is 14.3 Å². The van der Waals surface area contributed by atoms with Gasteiger partial charge in [-0.25, -0.2) is 19.0 Å². The van der Waals surface area contributed by atoms with Crippen LogP contribution in [0, 0.1) is 5.82 Å². The third kappa shape index (κ3) is 4.90. The minimum absolute atomic E-state index is 0.00542. The Morgan fingerprint density at radius 2 is 2.26 bits per heavy atom. The lowest BCUT2D eigenvalue weighted by Crippen LogP contribution is -2.26. The fourth-order valence-electron chi connectivity index (χ4n) is 1.83. The van der Waals surface area contributed by atoms with E-state index in [4.69, 9.17) is 25.8 Å². The highest BCUT2D eigenvalue weighted by Crippen LogP contribution is 2.42. The molecule has 0 saturated heterocycles. The van der Waals surface area contributed by atoms with Crippen LogP contribution in [0.3, 0.4) is 0 Å². The molecule has 2 aromatic rings. The van der Waals surface area contributed by atoms with Crippen molar-refractivity contribution in [1.82, 2.24) is 9.97 Å². The summed E-state index contributed by atoms with van der Waals surface area (Å²) in [5.41, 5.74) is -0.648. The Hall–Kier alpha value is -3.23. The van der Waals surface area contributed by atoms with E-state index in [-0.39, 0.29) is 24.2 Å². The maximum absolute atomic E-state index is 13.8. The van der Waals surface area contributed by atoms with Crippen LogP contribution >= 0.6 is 11.6 Å². The van der Waals surface area contributed by atoms with Gasteiger partial charge in [-0.05, 0) is 13.8 Å². The summed E-state index contributed by atoms with van der Waals surface area (Å²) in [6, 6.07) is 1.95. The number of aromatic hydroxyl groups is 1. The molecule has 1 N–H and O–H groups in total. The largest absolute Gasteiger partial charge is 0.505 e. The molecule has 1 aromatic heterocycles. The lowest BCUT2D eigenvalue weighted by molar-refractivity contribution is -0.150. The van der Waals surface area contributed by atoms with Gasteiger partial charge < -0.3 is 19.3 Å². The Morgan fingerprint density at radius 3 is 2.93 bits per heavy atom. The fraction of sp³-hybridized carbons (Fsp3) is 0.250. The third-order valence-electron chi connectivity index (χ3n) is 3.01. The predicted molar refractivity (Wildman–Crippen MR) is 89.7 cm³/mol. The minimum Gasteiger partial charge on any atom is -0.505 e. The van der Waals surface area contributed by atoms with Crippen molar-refractivity contribution in [3.05, 3.63) is 29.2 Å². The molecule has 142 valence electrons. The van der Waals surface area contributed by atoms with E-state index < -0.39 is 34.4 Å². The van der Waals surface area contributed by atoms with Gasteiger partial charge in [-0.2, -0.15) is 9.98 Å². The van der Waals surface area contributed by atoms with E-state index in [0.29, 0.717) is 0 Å². The van der Waals surface area contributed by atoms with Gasteiger partial charge in [0.25, 0.3) is 0 Å². The summed E-state index contributed by atoms with van der Waals surface area (Å²) in [5, 5.41) is 9.18. The molecular weight excluding hydrogens is 385 g/mol. The summed E-state index contributed by atoms with van der Waals surface area (Å²) in [7, 11) is 0. The Morgan fingerprint density at radius 1 is 1.52 bits per heavy atom. The first kappa shape index (κ1) is 20.1. The van der Waals surface area contributed by atoms with Crippen LogP contribution in [0.1, 0.15) is 13.8 Å². The van der Waals surface area contributed by atoms with Crippen molar-refractivity contribution in [2.24, 2.45) is 4.99 Å². The Kier molecular flexibility index (Phi) is 6.64. The second kappa shape index (κ2) is 8.93. The van der Waals surface area contributed by atoms with Gasteiger partial charge in [-0.1, -0.05) is 11.6 Å². The van der Waals surface area contributed by atoms with Gasteiger partial charge in [0.15, 0.2) is 23.4 Å². The van der Waals surface area contributed by atoms with E-state index in [9.17, 15) is 19.1 Å². The summed E-state index contributed by atoms with van der Waals surface area (Å²) in [5.74, 6) is -2.92. The lowest BCUT2D eigenvalue weighted by Gasteiger charge is -2.13. The standard InChI is InChI=1S/C16H13ClFN3O6/c1-3-25-15(24)8(2)26-11-4-5-19-16(21-11)27-10-6-9(23)13(18)14(12(10)17)20-7-22/h4-6,8,23H,3H2,1-2H3. The van der Waals surface area contributed by atoms with Gasteiger partial charge in [-0.15, -0.1) is 0 Å². The molecule has 1 heterocycles. The molecular formula is C16H13ClFN3O6. The van der Waals surface area contributed by atoms with Gasteiger partial charge >= 0.3 is 12.0 Å². The van der Waals surface area contributed by atoms with Gasteiger partial charge in [0.05, 0.1) is 6.61 Å².